The highest BCUT2D eigenvalue weighted by Crippen LogP contribution is 2.40. The number of aliphatic hydroxyl groups is 3. The summed E-state index contributed by atoms with van der Waals surface area (Å²) in [6.07, 6.45) is -4.55. The Labute approximate surface area is 397 Å². The highest BCUT2D eigenvalue weighted by Gasteiger charge is 2.28. The first-order valence-electron chi connectivity index (χ1n) is 15.5. The normalized spacial score (nSPS) is 12.8. The smallest absolute Gasteiger partial charge is 0.303 e. The number of carboxylic acid groups (broad SMARTS) is 1. The highest BCUT2D eigenvalue weighted by molar-refractivity contribution is 14.1. The molecule has 304 valence electrons. The van der Waals surface area contributed by atoms with Crippen LogP contribution in [0.15, 0.2) is 0 Å². The molecule has 0 heterocycles. The summed E-state index contributed by atoms with van der Waals surface area (Å²) in [6.45, 7) is 7.59. The van der Waals surface area contributed by atoms with Crippen LogP contribution in [0.25, 0.3) is 0 Å². The van der Waals surface area contributed by atoms with Gasteiger partial charge in [-0.3, -0.25) is 33.6 Å². The van der Waals surface area contributed by atoms with Crippen molar-refractivity contribution in [2.24, 2.45) is 0 Å². The summed E-state index contributed by atoms with van der Waals surface area (Å²) in [7, 11) is 0. The number of carbonyl (C=O) groups excluding carboxylic acids is 6. The fourth-order valence-corrected chi connectivity index (χ4v) is 12.3. The number of aliphatic hydroxyl groups excluding tert-OH is 3. The molecule has 2 aromatic carbocycles. The molecule has 0 radical (unpaired) electrons. The van der Waals surface area contributed by atoms with Crippen molar-refractivity contribution in [3.63, 3.8) is 0 Å². The number of esters is 2. The molecule has 4 amide bonds. The molecule has 0 spiro atoms. The second-order valence-corrected chi connectivity index (χ2v) is 17.7. The Morgan fingerprint density at radius 2 is 0.836 bits per heavy atom. The summed E-state index contributed by atoms with van der Waals surface area (Å²) in [5.41, 5.74) is 2.61. The van der Waals surface area contributed by atoms with Crippen molar-refractivity contribution in [2.75, 3.05) is 21.3 Å². The first-order valence-corrected chi connectivity index (χ1v) is 22.0. The maximum atomic E-state index is 12.5. The van der Waals surface area contributed by atoms with Crippen LogP contribution in [0, 0.1) is 21.4 Å². The van der Waals surface area contributed by atoms with E-state index in [2.05, 4.69) is 21.3 Å². The summed E-state index contributed by atoms with van der Waals surface area (Å²) in [6, 6.07) is 0. The van der Waals surface area contributed by atoms with Crippen LogP contribution in [0.5, 0.6) is 0 Å². The Balaban J connectivity index is 0.000000580. The van der Waals surface area contributed by atoms with Crippen molar-refractivity contribution < 1.29 is 63.5 Å². The van der Waals surface area contributed by atoms with Gasteiger partial charge < -0.3 is 51.2 Å². The van der Waals surface area contributed by atoms with Crippen molar-refractivity contribution in [2.45, 2.75) is 85.4 Å². The number of carboxylic acids is 1. The molecule has 0 aliphatic rings. The summed E-state index contributed by atoms with van der Waals surface area (Å²) >= 11 is 11.9. The number of halogens is 6. The van der Waals surface area contributed by atoms with Crippen LogP contribution < -0.4 is 21.3 Å². The lowest BCUT2D eigenvalue weighted by molar-refractivity contribution is -0.151. The van der Waals surface area contributed by atoms with Gasteiger partial charge in [-0.15, -0.1) is 0 Å². The quantitative estimate of drug-likeness (QED) is 0.0923. The number of hydrogen-bond donors (Lipinski definition) is 8. The number of rotatable bonds is 14. The van der Waals surface area contributed by atoms with E-state index in [-0.39, 0.29) is 19.4 Å². The van der Waals surface area contributed by atoms with Crippen LogP contribution in [-0.4, -0.2) is 86.4 Å². The molecular weight excluding hydrogens is 1410 g/mol. The minimum atomic E-state index is -1.20. The van der Waals surface area contributed by atoms with E-state index in [0.29, 0.717) is 55.3 Å². The third-order valence-corrected chi connectivity index (χ3v) is 13.7. The van der Waals surface area contributed by atoms with Crippen LogP contribution in [0.1, 0.15) is 59.1 Å². The lowest BCUT2D eigenvalue weighted by atomic mass is 10.1. The third-order valence-electron chi connectivity index (χ3n) is 6.74. The van der Waals surface area contributed by atoms with Crippen LogP contribution in [0.4, 0.5) is 22.7 Å². The van der Waals surface area contributed by atoms with Gasteiger partial charge in [0.1, 0.15) is 12.2 Å². The van der Waals surface area contributed by atoms with Crippen molar-refractivity contribution in [1.29, 1.82) is 0 Å². The van der Waals surface area contributed by atoms with Gasteiger partial charge in [0.25, 0.3) is 23.6 Å². The van der Waals surface area contributed by atoms with E-state index in [1.165, 1.54) is 41.5 Å². The molecule has 55 heavy (non-hydrogen) atoms. The molecule has 4 atom stereocenters. The van der Waals surface area contributed by atoms with Crippen molar-refractivity contribution >= 4 is 200 Å². The fraction of sp³-hybridized carbons (Fsp3) is 0.406. The van der Waals surface area contributed by atoms with Gasteiger partial charge in [0.2, 0.25) is 0 Å². The number of aliphatic carboxylic acids is 1. The number of amides is 4. The van der Waals surface area contributed by atoms with Crippen LogP contribution in [-0.2, 0) is 56.1 Å². The molecule has 2 aromatic rings. The standard InChI is InChI=1S/C19H21I3N2O8.C13H15I3N2O5/c1-7(31-9(3)25)18(29)23-16-13(20)11(5-6-12(27)28)14(21)17(15(16)22)24-19(30)8(2)32-10(4)26;1-4(20)12(22)17-10-7(14)6(3-19)8(15)11(9(10)16)18-13(23)5(2)21/h7-8H,5-6H2,1-4H3,(H,23,29)(H,24,30)(H,27,28);4-5,19-21H,3H2,1-2H3,(H,17,22)(H,18,23). The van der Waals surface area contributed by atoms with Gasteiger partial charge in [-0.05, 0) is 175 Å². The Kier molecular flexibility index (Phi) is 22.8. The van der Waals surface area contributed by atoms with Gasteiger partial charge in [-0.25, -0.2) is 0 Å². The molecule has 0 saturated carbocycles. The van der Waals surface area contributed by atoms with Crippen molar-refractivity contribution in [3.05, 3.63) is 32.5 Å². The van der Waals surface area contributed by atoms with E-state index >= 15 is 0 Å². The number of carbonyl (C=O) groups is 7. The molecular formula is C32H36I6N4O13. The first kappa shape index (κ1) is 52.0. The van der Waals surface area contributed by atoms with Gasteiger partial charge >= 0.3 is 17.9 Å². The third kappa shape index (κ3) is 15.6. The highest BCUT2D eigenvalue weighted by atomic mass is 127. The van der Waals surface area contributed by atoms with E-state index in [4.69, 9.17) is 14.6 Å². The largest absolute Gasteiger partial charge is 0.481 e. The number of nitrogens with one attached hydrogen (secondary N) is 4. The molecule has 0 fully saturated rings. The van der Waals surface area contributed by atoms with Crippen LogP contribution in [0.2, 0.25) is 0 Å². The van der Waals surface area contributed by atoms with E-state index in [0.717, 1.165) is 0 Å². The Morgan fingerprint density at radius 1 is 0.545 bits per heavy atom. The predicted octanol–water partition coefficient (Wildman–Crippen LogP) is 4.93. The lowest BCUT2D eigenvalue weighted by Gasteiger charge is -2.22. The van der Waals surface area contributed by atoms with E-state index < -0.39 is 66.0 Å². The topological polar surface area (TPSA) is 267 Å². The average molecular weight is 1450 g/mol. The minimum absolute atomic E-state index is 0.146. The number of hydrogen-bond acceptors (Lipinski definition) is 12. The fourth-order valence-electron chi connectivity index (χ4n) is 3.97. The summed E-state index contributed by atoms with van der Waals surface area (Å²) in [4.78, 5) is 82.1. The van der Waals surface area contributed by atoms with Crippen molar-refractivity contribution in [1.82, 2.24) is 0 Å². The van der Waals surface area contributed by atoms with Gasteiger partial charge in [0.05, 0.1) is 36.5 Å². The van der Waals surface area contributed by atoms with E-state index in [9.17, 15) is 48.9 Å². The molecule has 0 bridgehead atoms. The molecule has 0 saturated heterocycles. The molecule has 2 rings (SSSR count). The van der Waals surface area contributed by atoms with E-state index in [1.807, 2.05) is 136 Å². The molecule has 17 nitrogen and oxygen atoms in total. The Hall–Kier alpha value is -1.01. The number of benzene rings is 2. The molecule has 0 aliphatic carbocycles. The Bertz CT molecular complexity index is 1730. The first-order chi connectivity index (χ1) is 25.4. The van der Waals surface area contributed by atoms with Crippen LogP contribution >= 0.6 is 136 Å². The van der Waals surface area contributed by atoms with Gasteiger partial charge in [0.15, 0.2) is 12.2 Å². The van der Waals surface area contributed by atoms with Gasteiger partial charge in [-0.2, -0.15) is 0 Å². The molecule has 4 unspecified atom stereocenters. The molecule has 23 heteroatoms. The van der Waals surface area contributed by atoms with Gasteiger partial charge in [0, 0.05) is 40.1 Å². The second-order valence-electron chi connectivity index (χ2n) is 11.2. The number of ether oxygens (including phenoxy) is 2. The zero-order valence-electron chi connectivity index (χ0n) is 29.7. The zero-order valence-corrected chi connectivity index (χ0v) is 42.6. The lowest BCUT2D eigenvalue weighted by Crippen LogP contribution is -2.31. The maximum absolute atomic E-state index is 12.5. The molecule has 8 N–H and O–H groups in total. The predicted molar refractivity (Wildman–Crippen MR) is 251 cm³/mol. The van der Waals surface area contributed by atoms with Gasteiger partial charge in [-0.1, -0.05) is 0 Å². The summed E-state index contributed by atoms with van der Waals surface area (Å²) in [5, 5.41) is 48.0. The number of anilines is 4. The monoisotopic (exact) mass is 1450 g/mol. The Morgan fingerprint density at radius 3 is 1.09 bits per heavy atom. The van der Waals surface area contributed by atoms with Crippen molar-refractivity contribution in [3.8, 4) is 0 Å². The zero-order chi connectivity index (χ0) is 42.6. The molecule has 0 aliphatic heterocycles. The minimum Gasteiger partial charge on any atom is -0.481 e. The maximum Gasteiger partial charge on any atom is 0.303 e. The molecule has 0 aromatic heterocycles. The summed E-state index contributed by atoms with van der Waals surface area (Å²) in [5.74, 6) is -4.61. The van der Waals surface area contributed by atoms with Crippen LogP contribution in [0.3, 0.4) is 0 Å². The summed E-state index contributed by atoms with van der Waals surface area (Å²) < 4.78 is 13.2. The SMILES string of the molecule is CC(=O)OC(C)C(=O)Nc1c(I)c(CCC(=O)O)c(I)c(NC(=O)C(C)OC(C)=O)c1I.CC(O)C(=O)Nc1c(I)c(CO)c(I)c(NC(=O)C(C)O)c1I. The second kappa shape index (κ2) is 24.2. The van der Waals surface area contributed by atoms with E-state index in [1.54, 1.807) is 0 Å². The average Bonchev–Trinajstić information content (AvgIpc) is 3.07.